The second-order valence-electron chi connectivity index (χ2n) is 4.17. The highest BCUT2D eigenvalue weighted by Crippen LogP contribution is 2.19. The van der Waals surface area contributed by atoms with Crippen molar-refractivity contribution >= 4 is 39.9 Å². The van der Waals surface area contributed by atoms with E-state index in [-0.39, 0.29) is 17.0 Å². The second-order valence-corrected chi connectivity index (χ2v) is 5.72. The van der Waals surface area contributed by atoms with Gasteiger partial charge in [-0.1, -0.05) is 22.9 Å². The van der Waals surface area contributed by atoms with Gasteiger partial charge >= 0.3 is 0 Å². The molecular weight excluding hydrogens is 280 g/mol. The maximum atomic E-state index is 11.9. The number of hydrogen-bond donors (Lipinski definition) is 4. The number of carbonyl (C=O) groups excluding carboxylic acids is 1. The molecule has 0 aliphatic heterocycles. The van der Waals surface area contributed by atoms with Crippen molar-refractivity contribution in [3.8, 4) is 0 Å². The van der Waals surface area contributed by atoms with Crippen molar-refractivity contribution in [2.45, 2.75) is 24.6 Å². The summed E-state index contributed by atoms with van der Waals surface area (Å²) in [6, 6.07) is 6.75. The minimum atomic E-state index is -0.552. The molecule has 6 N–H and O–H groups in total. The number of Topliss-reactive ketones (excluding diaryl/α,β-unsaturated/α-hetero) is 1. The molecular formula is C12H18N4OS2. The van der Waals surface area contributed by atoms with Crippen LogP contribution in [-0.2, 0) is 11.2 Å². The largest absolute Gasteiger partial charge is 0.370 e. The number of thiol groups is 1. The zero-order chi connectivity index (χ0) is 14.4. The van der Waals surface area contributed by atoms with Crippen molar-refractivity contribution in [1.82, 2.24) is 0 Å². The van der Waals surface area contributed by atoms with Gasteiger partial charge in [-0.25, -0.2) is 4.99 Å². The van der Waals surface area contributed by atoms with Gasteiger partial charge in [0.25, 0.3) is 0 Å². The maximum Gasteiger partial charge on any atom is 0.191 e. The molecule has 0 aromatic heterocycles. The van der Waals surface area contributed by atoms with Crippen LogP contribution in [0.25, 0.3) is 0 Å². The smallest absolute Gasteiger partial charge is 0.191 e. The SMILES string of the molecule is CC(SS)C(=O)C(N)Cc1cccc(N=C(N)N)c1. The van der Waals surface area contributed by atoms with E-state index in [1.54, 1.807) is 13.0 Å². The predicted octanol–water partition coefficient (Wildman–Crippen LogP) is 0.997. The Morgan fingerprint density at radius 2 is 2.16 bits per heavy atom. The van der Waals surface area contributed by atoms with Crippen LogP contribution in [0.1, 0.15) is 12.5 Å². The van der Waals surface area contributed by atoms with Crippen LogP contribution in [-0.4, -0.2) is 23.0 Å². The van der Waals surface area contributed by atoms with Gasteiger partial charge in [-0.15, -0.1) is 11.7 Å². The van der Waals surface area contributed by atoms with Gasteiger partial charge in [0, 0.05) is 0 Å². The number of carbonyl (C=O) groups is 1. The lowest BCUT2D eigenvalue weighted by Gasteiger charge is -2.14. The summed E-state index contributed by atoms with van der Waals surface area (Å²) in [5.41, 5.74) is 18.1. The number of aliphatic imine (C=N–C) groups is 1. The number of rotatable bonds is 6. The molecule has 7 heteroatoms. The number of guanidine groups is 1. The Labute approximate surface area is 121 Å². The molecule has 0 amide bonds. The van der Waals surface area contributed by atoms with Crippen LogP contribution in [0.4, 0.5) is 5.69 Å². The van der Waals surface area contributed by atoms with E-state index in [1.165, 1.54) is 10.8 Å². The maximum absolute atomic E-state index is 11.9. The molecule has 0 aliphatic rings. The lowest BCUT2D eigenvalue weighted by atomic mass is 10.0. The Bertz CT molecular complexity index is 475. The fourth-order valence-electron chi connectivity index (χ4n) is 1.61. The summed E-state index contributed by atoms with van der Waals surface area (Å²) < 4.78 is 0. The third-order valence-corrected chi connectivity index (χ3v) is 4.05. The highest BCUT2D eigenvalue weighted by atomic mass is 33.1. The molecule has 0 radical (unpaired) electrons. The van der Waals surface area contributed by atoms with Gasteiger partial charge in [0.05, 0.1) is 17.0 Å². The van der Waals surface area contributed by atoms with E-state index >= 15 is 0 Å². The van der Waals surface area contributed by atoms with Crippen molar-refractivity contribution in [2.75, 3.05) is 0 Å². The number of benzene rings is 1. The van der Waals surface area contributed by atoms with Crippen LogP contribution in [0.15, 0.2) is 29.3 Å². The monoisotopic (exact) mass is 298 g/mol. The van der Waals surface area contributed by atoms with Crippen LogP contribution in [0.3, 0.4) is 0 Å². The van der Waals surface area contributed by atoms with Gasteiger partial charge in [-0.2, -0.15) is 0 Å². The molecule has 5 nitrogen and oxygen atoms in total. The van der Waals surface area contributed by atoms with Gasteiger partial charge in [0.15, 0.2) is 11.7 Å². The first-order valence-electron chi connectivity index (χ1n) is 5.72. The molecule has 104 valence electrons. The van der Waals surface area contributed by atoms with Gasteiger partial charge in [-0.05, 0) is 31.0 Å². The van der Waals surface area contributed by atoms with Gasteiger partial charge in [0.2, 0.25) is 0 Å². The van der Waals surface area contributed by atoms with Gasteiger partial charge in [0.1, 0.15) is 0 Å². The summed E-state index contributed by atoms with van der Waals surface area (Å²) in [7, 11) is 1.19. The van der Waals surface area contributed by atoms with E-state index in [9.17, 15) is 4.79 Å². The molecule has 1 aromatic carbocycles. The summed E-state index contributed by atoms with van der Waals surface area (Å²) in [6.07, 6.45) is 0.450. The minimum Gasteiger partial charge on any atom is -0.370 e. The lowest BCUT2D eigenvalue weighted by molar-refractivity contribution is -0.119. The van der Waals surface area contributed by atoms with Gasteiger partial charge < -0.3 is 17.2 Å². The highest BCUT2D eigenvalue weighted by molar-refractivity contribution is 8.69. The van der Waals surface area contributed by atoms with Crippen molar-refractivity contribution in [3.63, 3.8) is 0 Å². The highest BCUT2D eigenvalue weighted by Gasteiger charge is 2.20. The Hall–Kier alpha value is -1.18. The van der Waals surface area contributed by atoms with Crippen LogP contribution >= 0.6 is 22.5 Å². The summed E-state index contributed by atoms with van der Waals surface area (Å²) in [6.45, 7) is 1.79. The summed E-state index contributed by atoms with van der Waals surface area (Å²) in [5, 5.41) is -0.223. The zero-order valence-electron chi connectivity index (χ0n) is 10.6. The third kappa shape index (κ3) is 5.14. The fraction of sp³-hybridized carbons (Fsp3) is 0.333. The Kier molecular flexibility index (Phi) is 6.20. The van der Waals surface area contributed by atoms with E-state index < -0.39 is 6.04 Å². The van der Waals surface area contributed by atoms with E-state index in [4.69, 9.17) is 17.2 Å². The third-order valence-electron chi connectivity index (χ3n) is 2.55. The summed E-state index contributed by atoms with van der Waals surface area (Å²) in [5.74, 6) is -0.0233. The number of ketones is 1. The minimum absolute atomic E-state index is 0.00220. The average molecular weight is 298 g/mol. The van der Waals surface area contributed by atoms with Crippen molar-refractivity contribution in [1.29, 1.82) is 0 Å². The molecule has 2 unspecified atom stereocenters. The molecule has 0 saturated heterocycles. The standard InChI is InChI=1S/C12H18N4OS2/c1-7(19-18)11(17)10(13)6-8-3-2-4-9(5-8)16-12(14)15/h2-5,7,10,18H,6,13H2,1H3,(H4,14,15,16). The van der Waals surface area contributed by atoms with E-state index in [2.05, 4.69) is 16.7 Å². The molecule has 0 heterocycles. The number of nitrogens with zero attached hydrogens (tertiary/aromatic N) is 1. The van der Waals surface area contributed by atoms with Crippen LogP contribution in [0.2, 0.25) is 0 Å². The zero-order valence-corrected chi connectivity index (χ0v) is 12.3. The molecule has 0 aliphatic carbocycles. The average Bonchev–Trinajstić information content (AvgIpc) is 2.36. The lowest BCUT2D eigenvalue weighted by Crippen LogP contribution is -2.37. The Balaban J connectivity index is 2.77. The van der Waals surface area contributed by atoms with Crippen molar-refractivity contribution in [3.05, 3.63) is 29.8 Å². The van der Waals surface area contributed by atoms with Crippen molar-refractivity contribution in [2.24, 2.45) is 22.2 Å². The topological polar surface area (TPSA) is 107 Å². The van der Waals surface area contributed by atoms with Crippen LogP contribution < -0.4 is 17.2 Å². The normalized spacial score (nSPS) is 13.6. The molecule has 1 rings (SSSR count). The molecule has 2 atom stereocenters. The van der Waals surface area contributed by atoms with E-state index in [0.29, 0.717) is 12.1 Å². The van der Waals surface area contributed by atoms with Crippen LogP contribution in [0.5, 0.6) is 0 Å². The first-order chi connectivity index (χ1) is 8.93. The summed E-state index contributed by atoms with van der Waals surface area (Å²) >= 11 is 4.02. The van der Waals surface area contributed by atoms with E-state index in [0.717, 1.165) is 5.56 Å². The first kappa shape index (κ1) is 15.9. The molecule has 0 fully saturated rings. The van der Waals surface area contributed by atoms with E-state index in [1.807, 2.05) is 18.2 Å². The first-order valence-corrected chi connectivity index (χ1v) is 7.65. The quantitative estimate of drug-likeness (QED) is 0.271. The molecule has 19 heavy (non-hydrogen) atoms. The predicted molar refractivity (Wildman–Crippen MR) is 84.6 cm³/mol. The molecule has 0 saturated carbocycles. The summed E-state index contributed by atoms with van der Waals surface area (Å²) in [4.78, 5) is 15.8. The van der Waals surface area contributed by atoms with Gasteiger partial charge in [-0.3, -0.25) is 4.79 Å². The Morgan fingerprint density at radius 3 is 2.74 bits per heavy atom. The fourth-order valence-corrected chi connectivity index (χ4v) is 2.20. The second kappa shape index (κ2) is 7.42. The van der Waals surface area contributed by atoms with Crippen molar-refractivity contribution < 1.29 is 4.79 Å². The Morgan fingerprint density at radius 1 is 1.47 bits per heavy atom. The molecule has 1 aromatic rings. The molecule has 0 bridgehead atoms. The molecule has 0 spiro atoms. The van der Waals surface area contributed by atoms with Crippen LogP contribution in [0, 0.1) is 0 Å². The number of nitrogens with two attached hydrogens (primary N) is 3. The number of hydrogen-bond acceptors (Lipinski definition) is 5.